The van der Waals surface area contributed by atoms with E-state index in [1.165, 1.54) is 5.56 Å². The average molecular weight is 309 g/mol. The first-order chi connectivity index (χ1) is 10.8. The lowest BCUT2D eigenvalue weighted by Gasteiger charge is -2.13. The van der Waals surface area contributed by atoms with E-state index < -0.39 is 0 Å². The first-order valence-electron chi connectivity index (χ1n) is 8.16. The van der Waals surface area contributed by atoms with Crippen LogP contribution in [-0.4, -0.2) is 5.97 Å². The molecule has 0 heterocycles. The SMILES string of the molecule is Cc1[c]c(OC(=O)[C@@H](C)c2ccc(CC(C)C)cc2)cc(C)c1. The summed E-state index contributed by atoms with van der Waals surface area (Å²) in [5.41, 5.74) is 4.31. The quantitative estimate of drug-likeness (QED) is 0.573. The van der Waals surface area contributed by atoms with E-state index in [-0.39, 0.29) is 11.9 Å². The summed E-state index contributed by atoms with van der Waals surface area (Å²) < 4.78 is 5.49. The van der Waals surface area contributed by atoms with E-state index in [1.807, 2.05) is 45.0 Å². The lowest BCUT2D eigenvalue weighted by molar-refractivity contribution is -0.135. The first kappa shape index (κ1) is 17.3. The molecule has 0 saturated carbocycles. The van der Waals surface area contributed by atoms with Crippen molar-refractivity contribution in [2.75, 3.05) is 0 Å². The monoisotopic (exact) mass is 309 g/mol. The highest BCUT2D eigenvalue weighted by Crippen LogP contribution is 2.22. The van der Waals surface area contributed by atoms with Crippen LogP contribution in [0.4, 0.5) is 0 Å². The van der Waals surface area contributed by atoms with Crippen molar-refractivity contribution >= 4 is 5.97 Å². The molecule has 1 atom stereocenters. The third-order valence-electron chi connectivity index (χ3n) is 3.81. The van der Waals surface area contributed by atoms with Gasteiger partial charge in [0.15, 0.2) is 0 Å². The largest absolute Gasteiger partial charge is 0.425 e. The molecule has 0 fully saturated rings. The molecule has 2 aromatic carbocycles. The fourth-order valence-corrected chi connectivity index (χ4v) is 2.66. The van der Waals surface area contributed by atoms with Gasteiger partial charge in [0.05, 0.1) is 5.92 Å². The first-order valence-corrected chi connectivity index (χ1v) is 8.16. The van der Waals surface area contributed by atoms with Gasteiger partial charge in [0.2, 0.25) is 0 Å². The number of hydrogen-bond donors (Lipinski definition) is 0. The summed E-state index contributed by atoms with van der Waals surface area (Å²) in [4.78, 5) is 12.4. The summed E-state index contributed by atoms with van der Waals surface area (Å²) in [6.45, 7) is 10.2. The summed E-state index contributed by atoms with van der Waals surface area (Å²) in [6, 6.07) is 15.2. The van der Waals surface area contributed by atoms with Crippen LogP contribution < -0.4 is 4.74 Å². The van der Waals surface area contributed by atoms with Crippen LogP contribution >= 0.6 is 0 Å². The van der Waals surface area contributed by atoms with Gasteiger partial charge in [-0.05, 0) is 61.4 Å². The maximum Gasteiger partial charge on any atom is 0.318 e. The topological polar surface area (TPSA) is 26.3 Å². The Morgan fingerprint density at radius 1 is 1.09 bits per heavy atom. The zero-order valence-electron chi connectivity index (χ0n) is 14.6. The highest BCUT2D eigenvalue weighted by atomic mass is 16.5. The standard InChI is InChI=1S/C21H25O2/c1-14(2)10-18-6-8-19(9-7-18)17(5)21(22)23-20-12-15(3)11-16(4)13-20/h6-9,11-12,14,17H,10H2,1-5H3/t17-/m0/s1. The average Bonchev–Trinajstić information content (AvgIpc) is 2.45. The Kier molecular flexibility index (Phi) is 5.59. The molecule has 0 aliphatic heterocycles. The molecular weight excluding hydrogens is 284 g/mol. The molecule has 0 aliphatic carbocycles. The second-order valence-corrected chi connectivity index (χ2v) is 6.69. The minimum Gasteiger partial charge on any atom is -0.425 e. The summed E-state index contributed by atoms with van der Waals surface area (Å²) in [7, 11) is 0. The summed E-state index contributed by atoms with van der Waals surface area (Å²) in [5, 5.41) is 0. The van der Waals surface area contributed by atoms with Crippen LogP contribution in [0.5, 0.6) is 5.75 Å². The van der Waals surface area contributed by atoms with Gasteiger partial charge in [-0.25, -0.2) is 0 Å². The van der Waals surface area contributed by atoms with Crippen molar-refractivity contribution in [1.82, 2.24) is 0 Å². The highest BCUT2D eigenvalue weighted by Gasteiger charge is 2.18. The molecule has 0 aromatic heterocycles. The molecule has 0 amide bonds. The van der Waals surface area contributed by atoms with Gasteiger partial charge >= 0.3 is 5.97 Å². The van der Waals surface area contributed by atoms with Crippen LogP contribution in [0.15, 0.2) is 36.4 Å². The third kappa shape index (κ3) is 4.95. The van der Waals surface area contributed by atoms with Crippen LogP contribution in [-0.2, 0) is 11.2 Å². The highest BCUT2D eigenvalue weighted by molar-refractivity contribution is 5.79. The predicted molar refractivity (Wildman–Crippen MR) is 93.8 cm³/mol. The maximum atomic E-state index is 12.4. The van der Waals surface area contributed by atoms with Crippen LogP contribution in [0, 0.1) is 25.8 Å². The zero-order chi connectivity index (χ0) is 17.0. The van der Waals surface area contributed by atoms with Gasteiger partial charge < -0.3 is 4.74 Å². The van der Waals surface area contributed by atoms with Gasteiger partial charge in [0, 0.05) is 6.07 Å². The Hall–Kier alpha value is -2.09. The van der Waals surface area contributed by atoms with Crippen molar-refractivity contribution in [1.29, 1.82) is 0 Å². The number of hydrogen-bond acceptors (Lipinski definition) is 2. The Morgan fingerprint density at radius 3 is 2.30 bits per heavy atom. The minimum absolute atomic E-state index is 0.247. The molecule has 121 valence electrons. The summed E-state index contributed by atoms with van der Waals surface area (Å²) >= 11 is 0. The van der Waals surface area contributed by atoms with Crippen molar-refractivity contribution in [2.24, 2.45) is 5.92 Å². The molecule has 0 spiro atoms. The predicted octanol–water partition coefficient (Wildman–Crippen LogP) is 5.01. The van der Waals surface area contributed by atoms with E-state index in [2.05, 4.69) is 32.0 Å². The molecule has 2 heteroatoms. The van der Waals surface area contributed by atoms with E-state index in [1.54, 1.807) is 0 Å². The van der Waals surface area contributed by atoms with E-state index in [0.29, 0.717) is 11.7 Å². The molecule has 0 unspecified atom stereocenters. The van der Waals surface area contributed by atoms with Crippen LogP contribution in [0.25, 0.3) is 0 Å². The van der Waals surface area contributed by atoms with Crippen LogP contribution in [0.3, 0.4) is 0 Å². The summed E-state index contributed by atoms with van der Waals surface area (Å²) in [6.07, 6.45) is 1.05. The van der Waals surface area contributed by atoms with E-state index in [9.17, 15) is 4.79 Å². The normalized spacial score (nSPS) is 12.3. The van der Waals surface area contributed by atoms with Gasteiger partial charge in [-0.1, -0.05) is 44.2 Å². The van der Waals surface area contributed by atoms with Crippen LogP contribution in [0.2, 0.25) is 0 Å². The second-order valence-electron chi connectivity index (χ2n) is 6.69. The molecule has 0 aliphatic rings. The Bertz CT molecular complexity index is 648. The number of carbonyl (C=O) groups is 1. The molecule has 0 bridgehead atoms. The maximum absolute atomic E-state index is 12.4. The van der Waals surface area contributed by atoms with E-state index in [0.717, 1.165) is 23.1 Å². The molecule has 2 rings (SSSR count). The van der Waals surface area contributed by atoms with Crippen molar-refractivity contribution in [3.8, 4) is 5.75 Å². The molecule has 2 aromatic rings. The number of ether oxygens (including phenoxy) is 1. The molecule has 23 heavy (non-hydrogen) atoms. The lowest BCUT2D eigenvalue weighted by Crippen LogP contribution is -2.16. The number of carbonyl (C=O) groups excluding carboxylic acids is 1. The molecule has 0 saturated heterocycles. The van der Waals surface area contributed by atoms with E-state index >= 15 is 0 Å². The molecule has 0 N–H and O–H groups in total. The van der Waals surface area contributed by atoms with Crippen molar-refractivity contribution in [3.63, 3.8) is 0 Å². The second kappa shape index (κ2) is 7.45. The molecule has 1 radical (unpaired) electrons. The van der Waals surface area contributed by atoms with Crippen LogP contribution in [0.1, 0.15) is 48.9 Å². The smallest absolute Gasteiger partial charge is 0.318 e. The Morgan fingerprint density at radius 2 is 1.74 bits per heavy atom. The zero-order valence-corrected chi connectivity index (χ0v) is 14.6. The van der Waals surface area contributed by atoms with Gasteiger partial charge in [-0.15, -0.1) is 0 Å². The number of esters is 1. The third-order valence-corrected chi connectivity index (χ3v) is 3.81. The Labute approximate surface area is 139 Å². The van der Waals surface area contributed by atoms with Crippen molar-refractivity contribution < 1.29 is 9.53 Å². The number of rotatable bonds is 5. The number of benzene rings is 2. The minimum atomic E-state index is -0.294. The van der Waals surface area contributed by atoms with Gasteiger partial charge in [-0.2, -0.15) is 0 Å². The van der Waals surface area contributed by atoms with Crippen molar-refractivity contribution in [2.45, 2.75) is 47.0 Å². The fourth-order valence-electron chi connectivity index (χ4n) is 2.66. The van der Waals surface area contributed by atoms with E-state index in [4.69, 9.17) is 4.74 Å². The van der Waals surface area contributed by atoms with Gasteiger partial charge in [-0.3, -0.25) is 4.79 Å². The van der Waals surface area contributed by atoms with Gasteiger partial charge in [0.1, 0.15) is 5.75 Å². The summed E-state index contributed by atoms with van der Waals surface area (Å²) in [5.74, 6) is 0.583. The molecule has 2 nitrogen and oxygen atoms in total. The van der Waals surface area contributed by atoms with Crippen molar-refractivity contribution in [3.05, 3.63) is 64.7 Å². The number of aryl methyl sites for hydroxylation is 2. The van der Waals surface area contributed by atoms with Gasteiger partial charge in [0.25, 0.3) is 0 Å². The molecular formula is C21H25O2. The fraction of sp³-hybridized carbons (Fsp3) is 0.381. The Balaban J connectivity index is 2.06. The lowest BCUT2D eigenvalue weighted by atomic mass is 9.97.